The van der Waals surface area contributed by atoms with Gasteiger partial charge in [0.1, 0.15) is 11.3 Å². The molecule has 0 heterocycles. The summed E-state index contributed by atoms with van der Waals surface area (Å²) in [6.45, 7) is 3.85. The van der Waals surface area contributed by atoms with Gasteiger partial charge in [-0.1, -0.05) is 30.3 Å². The molecule has 1 amide bonds. The van der Waals surface area contributed by atoms with E-state index in [-0.39, 0.29) is 12.0 Å². The molecule has 2 N–H and O–H groups in total. The topological polar surface area (TPSA) is 75.6 Å². The number of carbonyl (C=O) groups excluding carboxylic acids is 1. The lowest BCUT2D eigenvalue weighted by molar-refractivity contribution is -0.140. The van der Waals surface area contributed by atoms with Crippen LogP contribution in [-0.4, -0.2) is 28.6 Å². The van der Waals surface area contributed by atoms with Crippen LogP contribution in [0.15, 0.2) is 54.6 Å². The van der Waals surface area contributed by atoms with Crippen molar-refractivity contribution in [3.8, 4) is 5.75 Å². The number of carbonyl (C=O) groups is 2. The highest BCUT2D eigenvalue weighted by atomic mass is 16.5. The Bertz CT molecular complexity index is 770. The van der Waals surface area contributed by atoms with Crippen molar-refractivity contribution in [1.82, 2.24) is 5.32 Å². The van der Waals surface area contributed by atoms with E-state index in [1.807, 2.05) is 44.2 Å². The molecule has 5 heteroatoms. The Morgan fingerprint density at radius 1 is 1.12 bits per heavy atom. The van der Waals surface area contributed by atoms with Gasteiger partial charge >= 0.3 is 5.97 Å². The smallest absolute Gasteiger partial charge is 0.330 e. The summed E-state index contributed by atoms with van der Waals surface area (Å²) in [4.78, 5) is 24.3. The number of ether oxygens (including phenoxy) is 1. The maximum Gasteiger partial charge on any atom is 0.330 e. The standard InChI is InChI=1S/C20H21NO4/c1-13(2)25-16-10-8-15(9-11-16)18(22)21-20(19(23)24)12-17(20)14-6-4-3-5-7-14/h3-11,13,17H,12H2,1-2H3,(H,21,22)(H,23,24). The molecule has 3 rings (SSSR count). The molecule has 2 aromatic carbocycles. The molecule has 0 aromatic heterocycles. The van der Waals surface area contributed by atoms with Gasteiger partial charge < -0.3 is 15.2 Å². The van der Waals surface area contributed by atoms with E-state index in [0.717, 1.165) is 5.56 Å². The van der Waals surface area contributed by atoms with Crippen molar-refractivity contribution in [3.05, 3.63) is 65.7 Å². The van der Waals surface area contributed by atoms with Crippen LogP contribution in [0.1, 0.15) is 42.1 Å². The molecule has 2 unspecified atom stereocenters. The predicted octanol–water partition coefficient (Wildman–Crippen LogP) is 3.21. The fourth-order valence-electron chi connectivity index (χ4n) is 3.01. The van der Waals surface area contributed by atoms with E-state index in [0.29, 0.717) is 17.7 Å². The highest BCUT2D eigenvalue weighted by molar-refractivity contribution is 5.99. The summed E-state index contributed by atoms with van der Waals surface area (Å²) >= 11 is 0. The van der Waals surface area contributed by atoms with Crippen molar-refractivity contribution in [1.29, 1.82) is 0 Å². The van der Waals surface area contributed by atoms with Gasteiger partial charge in [-0.2, -0.15) is 0 Å². The Hall–Kier alpha value is -2.82. The molecule has 25 heavy (non-hydrogen) atoms. The van der Waals surface area contributed by atoms with Crippen molar-refractivity contribution in [2.75, 3.05) is 0 Å². The van der Waals surface area contributed by atoms with Crippen LogP contribution in [0.4, 0.5) is 0 Å². The molecular formula is C20H21NO4. The zero-order chi connectivity index (χ0) is 18.0. The Morgan fingerprint density at radius 2 is 1.76 bits per heavy atom. The van der Waals surface area contributed by atoms with Gasteiger partial charge in [-0.15, -0.1) is 0 Å². The quantitative estimate of drug-likeness (QED) is 0.847. The number of benzene rings is 2. The van der Waals surface area contributed by atoms with Gasteiger partial charge in [0.2, 0.25) is 0 Å². The molecule has 0 bridgehead atoms. The van der Waals surface area contributed by atoms with Crippen LogP contribution >= 0.6 is 0 Å². The van der Waals surface area contributed by atoms with Crippen molar-refractivity contribution in [3.63, 3.8) is 0 Å². The predicted molar refractivity (Wildman–Crippen MR) is 93.8 cm³/mol. The van der Waals surface area contributed by atoms with E-state index in [1.54, 1.807) is 24.3 Å². The third kappa shape index (κ3) is 3.50. The first-order valence-corrected chi connectivity index (χ1v) is 8.30. The zero-order valence-electron chi connectivity index (χ0n) is 14.2. The molecule has 130 valence electrons. The number of carboxylic acids is 1. The molecule has 1 saturated carbocycles. The number of nitrogens with one attached hydrogen (secondary N) is 1. The van der Waals surface area contributed by atoms with Crippen LogP contribution < -0.4 is 10.1 Å². The largest absolute Gasteiger partial charge is 0.491 e. The fraction of sp³-hybridized carbons (Fsp3) is 0.300. The van der Waals surface area contributed by atoms with Gasteiger partial charge in [-0.05, 0) is 50.1 Å². The summed E-state index contributed by atoms with van der Waals surface area (Å²) in [6.07, 6.45) is 0.445. The minimum atomic E-state index is -1.23. The lowest BCUT2D eigenvalue weighted by atomic mass is 10.1. The molecular weight excluding hydrogens is 318 g/mol. The van der Waals surface area contributed by atoms with E-state index < -0.39 is 17.4 Å². The highest BCUT2D eigenvalue weighted by Crippen LogP contribution is 2.51. The number of amides is 1. The second-order valence-electron chi connectivity index (χ2n) is 6.59. The van der Waals surface area contributed by atoms with Gasteiger partial charge in [0.25, 0.3) is 5.91 Å². The molecule has 1 aliphatic rings. The second kappa shape index (κ2) is 6.59. The maximum atomic E-state index is 12.5. The van der Waals surface area contributed by atoms with Crippen molar-refractivity contribution in [2.45, 2.75) is 37.8 Å². The van der Waals surface area contributed by atoms with Gasteiger partial charge in [0, 0.05) is 11.5 Å². The zero-order valence-corrected chi connectivity index (χ0v) is 14.2. The maximum absolute atomic E-state index is 12.5. The van der Waals surface area contributed by atoms with Crippen LogP contribution in [0.2, 0.25) is 0 Å². The number of hydrogen-bond donors (Lipinski definition) is 2. The lowest BCUT2D eigenvalue weighted by Gasteiger charge is -2.16. The van der Waals surface area contributed by atoms with E-state index in [1.165, 1.54) is 0 Å². The van der Waals surface area contributed by atoms with Crippen LogP contribution in [0.5, 0.6) is 5.75 Å². The molecule has 0 aliphatic heterocycles. The Morgan fingerprint density at radius 3 is 2.32 bits per heavy atom. The Kier molecular flexibility index (Phi) is 4.49. The normalized spacial score (nSPS) is 21.6. The molecule has 1 aliphatic carbocycles. The summed E-state index contributed by atoms with van der Waals surface area (Å²) in [5.74, 6) is -0.932. The second-order valence-corrected chi connectivity index (χ2v) is 6.59. The van der Waals surface area contributed by atoms with Crippen molar-refractivity contribution >= 4 is 11.9 Å². The first-order valence-electron chi connectivity index (χ1n) is 8.30. The number of hydrogen-bond acceptors (Lipinski definition) is 3. The molecule has 1 fully saturated rings. The van der Waals surface area contributed by atoms with Crippen molar-refractivity contribution in [2.24, 2.45) is 0 Å². The summed E-state index contributed by atoms with van der Waals surface area (Å²) in [6, 6.07) is 16.1. The van der Waals surface area contributed by atoms with Crippen molar-refractivity contribution < 1.29 is 19.4 Å². The molecule has 0 spiro atoms. The lowest BCUT2D eigenvalue weighted by Crippen LogP contribution is -2.44. The van der Waals surface area contributed by atoms with Gasteiger partial charge in [-0.3, -0.25) is 4.79 Å². The third-order valence-corrected chi connectivity index (χ3v) is 4.37. The van der Waals surface area contributed by atoms with Crippen LogP contribution in [0, 0.1) is 0 Å². The summed E-state index contributed by atoms with van der Waals surface area (Å²) in [5.41, 5.74) is 0.104. The first kappa shape index (κ1) is 17.0. The molecule has 5 nitrogen and oxygen atoms in total. The first-order chi connectivity index (χ1) is 11.9. The van der Waals surface area contributed by atoms with E-state index in [4.69, 9.17) is 4.74 Å². The molecule has 0 saturated heterocycles. The number of aliphatic carboxylic acids is 1. The Balaban J connectivity index is 1.73. The average molecular weight is 339 g/mol. The highest BCUT2D eigenvalue weighted by Gasteiger charge is 2.62. The fourth-order valence-corrected chi connectivity index (χ4v) is 3.01. The van der Waals surface area contributed by atoms with E-state index in [9.17, 15) is 14.7 Å². The van der Waals surface area contributed by atoms with Gasteiger partial charge in [0.05, 0.1) is 6.10 Å². The van der Waals surface area contributed by atoms with E-state index >= 15 is 0 Å². The van der Waals surface area contributed by atoms with Gasteiger partial charge in [0.15, 0.2) is 0 Å². The van der Waals surface area contributed by atoms with Crippen LogP contribution in [-0.2, 0) is 4.79 Å². The van der Waals surface area contributed by atoms with Crippen LogP contribution in [0.25, 0.3) is 0 Å². The third-order valence-electron chi connectivity index (χ3n) is 4.37. The number of rotatable bonds is 6. The summed E-state index contributed by atoms with van der Waals surface area (Å²) < 4.78 is 5.55. The van der Waals surface area contributed by atoms with E-state index in [2.05, 4.69) is 5.32 Å². The van der Waals surface area contributed by atoms with Crippen LogP contribution in [0.3, 0.4) is 0 Å². The minimum Gasteiger partial charge on any atom is -0.491 e. The molecule has 2 aromatic rings. The summed E-state index contributed by atoms with van der Waals surface area (Å²) in [5, 5.41) is 12.4. The van der Waals surface area contributed by atoms with Gasteiger partial charge in [-0.25, -0.2) is 4.79 Å². The summed E-state index contributed by atoms with van der Waals surface area (Å²) in [7, 11) is 0. The number of carboxylic acid groups (broad SMARTS) is 1. The minimum absolute atomic E-state index is 0.0491. The monoisotopic (exact) mass is 339 g/mol. The molecule has 2 atom stereocenters. The average Bonchev–Trinajstić information content (AvgIpc) is 3.31. The molecule has 0 radical (unpaired) electrons. The SMILES string of the molecule is CC(C)Oc1ccc(C(=O)NC2(C(=O)O)CC2c2ccccc2)cc1. The Labute approximate surface area is 146 Å².